The first-order chi connectivity index (χ1) is 10.9. The van der Waals surface area contributed by atoms with E-state index in [4.69, 9.17) is 4.52 Å². The van der Waals surface area contributed by atoms with Crippen LogP contribution in [-0.4, -0.2) is 53.9 Å². The first-order valence-corrected chi connectivity index (χ1v) is 10.2. The van der Waals surface area contributed by atoms with E-state index in [9.17, 15) is 8.42 Å². The number of thiophene rings is 1. The van der Waals surface area contributed by atoms with Crippen molar-refractivity contribution in [1.82, 2.24) is 19.3 Å². The highest BCUT2D eigenvalue weighted by atomic mass is 79.9. The predicted octanol–water partition coefficient (Wildman–Crippen LogP) is 2.27. The number of aromatic nitrogens is 2. The Balaban J connectivity index is 1.66. The highest BCUT2D eigenvalue weighted by Crippen LogP contribution is 2.29. The van der Waals surface area contributed by atoms with E-state index in [-0.39, 0.29) is 6.04 Å². The second-order valence-corrected chi connectivity index (χ2v) is 9.98. The monoisotopic (exact) mass is 420 g/mol. The summed E-state index contributed by atoms with van der Waals surface area (Å²) < 4.78 is 33.1. The molecular formula is C13H17BrN4O3S2. The van der Waals surface area contributed by atoms with Gasteiger partial charge in [-0.25, -0.2) is 8.42 Å². The molecule has 3 heterocycles. The largest absolute Gasteiger partial charge is 0.338 e. The van der Waals surface area contributed by atoms with Crippen LogP contribution in [0.25, 0.3) is 0 Å². The van der Waals surface area contributed by atoms with Crippen molar-refractivity contribution < 1.29 is 12.9 Å². The van der Waals surface area contributed by atoms with Gasteiger partial charge in [-0.1, -0.05) is 5.16 Å². The van der Waals surface area contributed by atoms with Crippen molar-refractivity contribution in [3.63, 3.8) is 0 Å². The standard InChI is InChI=1S/C13H17BrN4O3S2/c1-9(13-15-10(2)16-21-13)17-5-7-18(8-6-17)23(19,20)12-4-3-11(14)22-12/h3-4,9H,5-8H2,1-2H3. The summed E-state index contributed by atoms with van der Waals surface area (Å²) in [5.41, 5.74) is 0. The summed E-state index contributed by atoms with van der Waals surface area (Å²) in [6.45, 7) is 5.95. The van der Waals surface area contributed by atoms with Crippen molar-refractivity contribution in [2.75, 3.05) is 26.2 Å². The van der Waals surface area contributed by atoms with Crippen molar-refractivity contribution in [2.45, 2.75) is 24.1 Å². The molecule has 2 aromatic heterocycles. The van der Waals surface area contributed by atoms with Crippen LogP contribution < -0.4 is 0 Å². The minimum Gasteiger partial charge on any atom is -0.338 e. The molecule has 3 rings (SSSR count). The number of piperazine rings is 1. The number of rotatable bonds is 4. The molecule has 0 spiro atoms. The highest BCUT2D eigenvalue weighted by molar-refractivity contribution is 9.11. The van der Waals surface area contributed by atoms with Gasteiger partial charge in [0.25, 0.3) is 10.0 Å². The second kappa shape index (κ2) is 6.60. The summed E-state index contributed by atoms with van der Waals surface area (Å²) >= 11 is 4.54. The van der Waals surface area contributed by atoms with E-state index in [1.807, 2.05) is 6.92 Å². The lowest BCUT2D eigenvalue weighted by atomic mass is 10.2. The van der Waals surface area contributed by atoms with Crippen LogP contribution in [0.3, 0.4) is 0 Å². The van der Waals surface area contributed by atoms with Crippen LogP contribution in [0.5, 0.6) is 0 Å². The molecule has 1 unspecified atom stereocenters. The molecule has 1 fully saturated rings. The Labute approximate surface area is 147 Å². The van der Waals surface area contributed by atoms with Crippen LogP contribution in [-0.2, 0) is 10.0 Å². The molecule has 1 aliphatic heterocycles. The van der Waals surface area contributed by atoms with Crippen molar-refractivity contribution in [3.05, 3.63) is 27.6 Å². The Kier molecular flexibility index (Phi) is 4.88. The van der Waals surface area contributed by atoms with Gasteiger partial charge in [0.2, 0.25) is 5.89 Å². The number of aryl methyl sites for hydroxylation is 1. The Bertz CT molecular complexity index is 781. The Morgan fingerprint density at radius 2 is 2.00 bits per heavy atom. The van der Waals surface area contributed by atoms with E-state index in [0.29, 0.717) is 42.1 Å². The Morgan fingerprint density at radius 1 is 1.30 bits per heavy atom. The third-order valence-corrected chi connectivity index (χ3v) is 7.85. The molecule has 0 aromatic carbocycles. The van der Waals surface area contributed by atoms with Gasteiger partial charge in [-0.15, -0.1) is 11.3 Å². The number of hydrogen-bond acceptors (Lipinski definition) is 7. The lowest BCUT2D eigenvalue weighted by molar-refractivity contribution is 0.124. The number of halogens is 1. The summed E-state index contributed by atoms with van der Waals surface area (Å²) in [5.74, 6) is 1.18. The zero-order chi connectivity index (χ0) is 16.6. The fourth-order valence-corrected chi connectivity index (χ4v) is 6.12. The van der Waals surface area contributed by atoms with Crippen LogP contribution in [0.2, 0.25) is 0 Å². The van der Waals surface area contributed by atoms with Gasteiger partial charge in [-0.2, -0.15) is 9.29 Å². The maximum Gasteiger partial charge on any atom is 0.252 e. The summed E-state index contributed by atoms with van der Waals surface area (Å²) in [6.07, 6.45) is 0. The van der Waals surface area contributed by atoms with E-state index in [1.54, 1.807) is 19.1 Å². The average Bonchev–Trinajstić information content (AvgIpc) is 3.15. The normalized spacial score (nSPS) is 19.1. The molecule has 126 valence electrons. The zero-order valence-corrected chi connectivity index (χ0v) is 16.0. The quantitative estimate of drug-likeness (QED) is 0.754. The third-order valence-electron chi connectivity index (χ3n) is 3.86. The molecule has 1 saturated heterocycles. The second-order valence-electron chi connectivity index (χ2n) is 5.35. The molecule has 1 atom stereocenters. The molecular weight excluding hydrogens is 404 g/mol. The highest BCUT2D eigenvalue weighted by Gasteiger charge is 2.32. The topological polar surface area (TPSA) is 79.5 Å². The maximum atomic E-state index is 12.6. The molecule has 0 bridgehead atoms. The van der Waals surface area contributed by atoms with E-state index in [0.717, 1.165) is 3.79 Å². The molecule has 10 heteroatoms. The smallest absolute Gasteiger partial charge is 0.252 e. The minimum absolute atomic E-state index is 0.0167. The molecule has 0 radical (unpaired) electrons. The van der Waals surface area contributed by atoms with E-state index >= 15 is 0 Å². The predicted molar refractivity (Wildman–Crippen MR) is 89.8 cm³/mol. The number of hydrogen-bond donors (Lipinski definition) is 0. The van der Waals surface area contributed by atoms with Crippen LogP contribution in [0.4, 0.5) is 0 Å². The summed E-state index contributed by atoms with van der Waals surface area (Å²) in [6, 6.07) is 3.38. The van der Waals surface area contributed by atoms with E-state index in [2.05, 4.69) is 31.0 Å². The van der Waals surface area contributed by atoms with Crippen LogP contribution in [0.1, 0.15) is 24.7 Å². The molecule has 0 saturated carbocycles. The Hall–Kier alpha value is -0.810. The van der Waals surface area contributed by atoms with E-state index in [1.165, 1.54) is 15.6 Å². The molecule has 2 aromatic rings. The van der Waals surface area contributed by atoms with Gasteiger partial charge in [-0.05, 0) is 41.9 Å². The lowest BCUT2D eigenvalue weighted by Crippen LogP contribution is -2.49. The van der Waals surface area contributed by atoms with Gasteiger partial charge in [0.15, 0.2) is 5.82 Å². The molecule has 0 amide bonds. The summed E-state index contributed by atoms with van der Waals surface area (Å²) in [7, 11) is -3.41. The van der Waals surface area contributed by atoms with Gasteiger partial charge in [0.05, 0.1) is 9.83 Å². The number of nitrogens with zero attached hydrogens (tertiary/aromatic N) is 4. The van der Waals surface area contributed by atoms with Crippen LogP contribution in [0, 0.1) is 6.92 Å². The lowest BCUT2D eigenvalue weighted by Gasteiger charge is -2.35. The van der Waals surface area contributed by atoms with Gasteiger partial charge < -0.3 is 4.52 Å². The molecule has 7 nitrogen and oxygen atoms in total. The summed E-state index contributed by atoms with van der Waals surface area (Å²) in [4.78, 5) is 6.41. The van der Waals surface area contributed by atoms with E-state index < -0.39 is 10.0 Å². The first-order valence-electron chi connectivity index (χ1n) is 7.17. The third kappa shape index (κ3) is 3.50. The average molecular weight is 421 g/mol. The van der Waals surface area contributed by atoms with Gasteiger partial charge in [0, 0.05) is 26.2 Å². The van der Waals surface area contributed by atoms with Crippen molar-refractivity contribution >= 4 is 37.3 Å². The SMILES string of the molecule is Cc1noc(C(C)N2CCN(S(=O)(=O)c3ccc(Br)s3)CC2)n1. The molecule has 1 aliphatic rings. The fourth-order valence-electron chi connectivity index (χ4n) is 2.53. The zero-order valence-electron chi connectivity index (χ0n) is 12.8. The maximum absolute atomic E-state index is 12.6. The van der Waals surface area contributed by atoms with Crippen molar-refractivity contribution in [2.24, 2.45) is 0 Å². The van der Waals surface area contributed by atoms with Gasteiger partial charge >= 0.3 is 0 Å². The van der Waals surface area contributed by atoms with Crippen LogP contribution in [0.15, 0.2) is 24.7 Å². The van der Waals surface area contributed by atoms with Crippen molar-refractivity contribution in [1.29, 1.82) is 0 Å². The summed E-state index contributed by atoms with van der Waals surface area (Å²) in [5, 5.41) is 3.81. The minimum atomic E-state index is -3.41. The number of sulfonamides is 1. The molecule has 23 heavy (non-hydrogen) atoms. The fraction of sp³-hybridized carbons (Fsp3) is 0.538. The first kappa shape index (κ1) is 17.0. The Morgan fingerprint density at radius 3 is 2.52 bits per heavy atom. The van der Waals surface area contributed by atoms with Gasteiger partial charge in [-0.3, -0.25) is 4.90 Å². The van der Waals surface area contributed by atoms with Crippen molar-refractivity contribution in [3.8, 4) is 0 Å². The molecule has 0 N–H and O–H groups in total. The van der Waals surface area contributed by atoms with Gasteiger partial charge in [0.1, 0.15) is 4.21 Å². The molecule has 0 aliphatic carbocycles. The van der Waals surface area contributed by atoms with Crippen LogP contribution >= 0.6 is 27.3 Å².